The van der Waals surface area contributed by atoms with Crippen LogP contribution in [0.25, 0.3) is 0 Å². The van der Waals surface area contributed by atoms with E-state index in [-0.39, 0.29) is 35.2 Å². The predicted molar refractivity (Wildman–Crippen MR) is 204 cm³/mol. The van der Waals surface area contributed by atoms with E-state index >= 15 is 0 Å². The highest BCUT2D eigenvalue weighted by Crippen LogP contribution is 2.24. The highest BCUT2D eigenvalue weighted by atomic mass is 16.6. The van der Waals surface area contributed by atoms with Crippen LogP contribution in [0.3, 0.4) is 0 Å². The van der Waals surface area contributed by atoms with Gasteiger partial charge in [-0.15, -0.1) is 0 Å². The smallest absolute Gasteiger partial charge is 0.269 e. The molecule has 7 rings (SSSR count). The third kappa shape index (κ3) is 9.09. The van der Waals surface area contributed by atoms with Crippen molar-refractivity contribution in [3.8, 4) is 0 Å². The van der Waals surface area contributed by atoms with Crippen molar-refractivity contribution in [2.24, 2.45) is 10.2 Å². The van der Waals surface area contributed by atoms with E-state index in [4.69, 9.17) is 0 Å². The van der Waals surface area contributed by atoms with Crippen LogP contribution >= 0.6 is 0 Å². The first-order valence-corrected chi connectivity index (χ1v) is 17.1. The molecule has 4 heterocycles. The molecular weight excluding hydrogens is 696 g/mol. The number of non-ortho nitro benzene ring substituents is 2. The van der Waals surface area contributed by atoms with Crippen molar-refractivity contribution in [3.63, 3.8) is 0 Å². The van der Waals surface area contributed by atoms with Gasteiger partial charge in [-0.2, -0.15) is 40.1 Å². The Morgan fingerprint density at radius 3 is 1.22 bits per heavy atom. The summed E-state index contributed by atoms with van der Waals surface area (Å²) in [6, 6.07) is 19.5. The van der Waals surface area contributed by atoms with E-state index in [2.05, 4.69) is 71.4 Å². The van der Waals surface area contributed by atoms with Gasteiger partial charge in [-0.05, 0) is 61.1 Å². The van der Waals surface area contributed by atoms with E-state index in [0.29, 0.717) is 23.3 Å². The van der Waals surface area contributed by atoms with Crippen LogP contribution < -0.4 is 31.3 Å². The van der Waals surface area contributed by atoms with Crippen LogP contribution in [0, 0.1) is 20.2 Å². The van der Waals surface area contributed by atoms with E-state index < -0.39 is 9.85 Å². The Kier molecular flexibility index (Phi) is 10.6. The van der Waals surface area contributed by atoms with Crippen LogP contribution in [-0.4, -0.2) is 78.4 Å². The summed E-state index contributed by atoms with van der Waals surface area (Å²) in [7, 11) is 0. The molecule has 3 aromatic carbocycles. The number of anilines is 8. The molecule has 4 N–H and O–H groups in total. The first kappa shape index (κ1) is 35.0. The average molecular weight is 731 g/mol. The largest absolute Gasteiger partial charge is 0.341 e. The lowest BCUT2D eigenvalue weighted by atomic mass is 10.2. The van der Waals surface area contributed by atoms with Crippen molar-refractivity contribution in [2.75, 3.05) is 57.5 Å². The Morgan fingerprint density at radius 1 is 0.519 bits per heavy atom. The fourth-order valence-electron chi connectivity index (χ4n) is 5.65. The number of nitro benzene ring substituents is 2. The topological polar surface area (TPSA) is 243 Å². The minimum atomic E-state index is -0.455. The SMILES string of the molecule is O=[N+]([O-])c1ccc(Nc2nc(NN=Cc3ccc(C=NNc4nc(Nc5ccc([N+](=O)[O-])cc5)nc(N5CCCC5)n4)cc3)nc(N3CCCC3)n2)cc1. The Labute approximate surface area is 307 Å². The van der Waals surface area contributed by atoms with Gasteiger partial charge < -0.3 is 20.4 Å². The zero-order valence-electron chi connectivity index (χ0n) is 28.7. The van der Waals surface area contributed by atoms with E-state index in [0.717, 1.165) is 63.0 Å². The molecule has 2 saturated heterocycles. The summed E-state index contributed by atoms with van der Waals surface area (Å²) in [6.07, 6.45) is 7.41. The monoisotopic (exact) mass is 730 g/mol. The number of aromatic nitrogens is 6. The molecule has 0 amide bonds. The number of hydrazone groups is 2. The summed E-state index contributed by atoms with van der Waals surface area (Å²) >= 11 is 0. The normalized spacial score (nSPS) is 14.1. The van der Waals surface area contributed by atoms with Gasteiger partial charge in [0, 0.05) is 61.8 Å². The molecule has 0 spiro atoms. The molecule has 2 aliphatic heterocycles. The number of hydrogen-bond donors (Lipinski definition) is 4. The molecule has 274 valence electrons. The second-order valence-electron chi connectivity index (χ2n) is 12.2. The second kappa shape index (κ2) is 16.3. The Balaban J connectivity index is 0.990. The minimum absolute atomic E-state index is 0.0140. The van der Waals surface area contributed by atoms with Crippen molar-refractivity contribution >= 4 is 70.9 Å². The summed E-state index contributed by atoms with van der Waals surface area (Å²) < 4.78 is 0. The summed E-state index contributed by atoms with van der Waals surface area (Å²) in [5, 5.41) is 36.9. The van der Waals surface area contributed by atoms with Gasteiger partial charge in [0.05, 0.1) is 22.3 Å². The van der Waals surface area contributed by atoms with Crippen LogP contribution in [0.2, 0.25) is 0 Å². The van der Waals surface area contributed by atoms with Gasteiger partial charge in [-0.3, -0.25) is 20.2 Å². The van der Waals surface area contributed by atoms with Crippen LogP contribution in [0.1, 0.15) is 36.8 Å². The number of nitro groups is 2. The Morgan fingerprint density at radius 2 is 0.870 bits per heavy atom. The van der Waals surface area contributed by atoms with Crippen molar-refractivity contribution < 1.29 is 9.85 Å². The maximum absolute atomic E-state index is 11.0. The zero-order valence-corrected chi connectivity index (χ0v) is 28.7. The molecule has 2 fully saturated rings. The van der Waals surface area contributed by atoms with Crippen LogP contribution in [0.5, 0.6) is 0 Å². The lowest BCUT2D eigenvalue weighted by Gasteiger charge is -2.16. The van der Waals surface area contributed by atoms with Crippen molar-refractivity contribution in [1.29, 1.82) is 0 Å². The summed E-state index contributed by atoms with van der Waals surface area (Å²) in [6.45, 7) is 3.30. The molecule has 0 saturated carbocycles. The first-order valence-electron chi connectivity index (χ1n) is 17.1. The van der Waals surface area contributed by atoms with Crippen LogP contribution in [0.4, 0.5) is 58.4 Å². The fourth-order valence-corrected chi connectivity index (χ4v) is 5.65. The summed E-state index contributed by atoms with van der Waals surface area (Å²) in [4.78, 5) is 52.4. The van der Waals surface area contributed by atoms with Crippen molar-refractivity contribution in [2.45, 2.75) is 25.7 Å². The zero-order chi connectivity index (χ0) is 37.3. The van der Waals surface area contributed by atoms with E-state index in [1.807, 2.05) is 24.3 Å². The second-order valence-corrected chi connectivity index (χ2v) is 12.2. The van der Waals surface area contributed by atoms with Gasteiger partial charge in [0.2, 0.25) is 35.7 Å². The van der Waals surface area contributed by atoms with E-state index in [1.54, 1.807) is 36.7 Å². The van der Waals surface area contributed by atoms with Gasteiger partial charge in [-0.1, -0.05) is 24.3 Å². The first-order chi connectivity index (χ1) is 26.3. The number of rotatable bonds is 14. The van der Waals surface area contributed by atoms with Gasteiger partial charge in [0.25, 0.3) is 11.4 Å². The molecule has 20 nitrogen and oxygen atoms in total. The molecule has 20 heteroatoms. The quantitative estimate of drug-likeness (QED) is 0.0630. The Bertz CT molecular complexity index is 2000. The van der Waals surface area contributed by atoms with E-state index in [9.17, 15) is 20.2 Å². The fraction of sp³-hybridized carbons (Fsp3) is 0.235. The molecule has 2 aromatic heterocycles. The maximum Gasteiger partial charge on any atom is 0.269 e. The summed E-state index contributed by atoms with van der Waals surface area (Å²) in [5.74, 6) is 2.03. The highest BCUT2D eigenvalue weighted by Gasteiger charge is 2.19. The summed E-state index contributed by atoms with van der Waals surface area (Å²) in [5.41, 5.74) is 8.54. The van der Waals surface area contributed by atoms with Crippen molar-refractivity contribution in [3.05, 3.63) is 104 Å². The minimum Gasteiger partial charge on any atom is -0.341 e. The number of nitrogens with zero attached hydrogens (tertiary/aromatic N) is 12. The Hall–Kier alpha value is -7.38. The average Bonchev–Trinajstić information content (AvgIpc) is 3.92. The third-order valence-electron chi connectivity index (χ3n) is 8.39. The lowest BCUT2D eigenvalue weighted by Crippen LogP contribution is -2.21. The molecule has 0 aliphatic carbocycles. The number of nitrogens with one attached hydrogen (secondary N) is 4. The number of benzene rings is 3. The van der Waals surface area contributed by atoms with Crippen molar-refractivity contribution in [1.82, 2.24) is 29.9 Å². The maximum atomic E-state index is 11.0. The van der Waals surface area contributed by atoms with Gasteiger partial charge in [0.1, 0.15) is 0 Å². The molecule has 0 radical (unpaired) electrons. The van der Waals surface area contributed by atoms with Gasteiger partial charge in [0.15, 0.2) is 0 Å². The molecule has 54 heavy (non-hydrogen) atoms. The van der Waals surface area contributed by atoms with E-state index in [1.165, 1.54) is 24.3 Å². The lowest BCUT2D eigenvalue weighted by molar-refractivity contribution is -0.385. The molecule has 0 bridgehead atoms. The van der Waals surface area contributed by atoms with Gasteiger partial charge >= 0.3 is 0 Å². The van der Waals surface area contributed by atoms with Crippen LogP contribution in [-0.2, 0) is 0 Å². The molecule has 5 aromatic rings. The number of hydrogen-bond acceptors (Lipinski definition) is 18. The predicted octanol–water partition coefficient (Wildman–Crippen LogP) is 5.45. The molecular formula is C34H34N16O4. The highest BCUT2D eigenvalue weighted by molar-refractivity contribution is 5.84. The third-order valence-corrected chi connectivity index (χ3v) is 8.39. The van der Waals surface area contributed by atoms with Gasteiger partial charge in [-0.25, -0.2) is 10.9 Å². The molecule has 0 atom stereocenters. The standard InChI is InChI=1S/C34H34N16O4/c51-49(52)27-13-9-25(10-14-27)37-29-39-31(43-33(41-29)47-17-1-2-18-47)45-35-21-23-5-7-24(8-6-23)22-36-46-32-40-30(42-34(44-32)48-19-3-4-20-48)38-26-11-15-28(16-12-26)50(53)54/h5-16,21-22H,1-4,17-20H2,(H2,37,39,41,43,45)(H2,38,40,42,44,46). The molecule has 2 aliphatic rings. The van der Waals surface area contributed by atoms with Crippen LogP contribution in [0.15, 0.2) is 83.0 Å². The molecule has 0 unspecified atom stereocenters.